The van der Waals surface area contributed by atoms with Gasteiger partial charge >= 0.3 is 0 Å². The summed E-state index contributed by atoms with van der Waals surface area (Å²) in [5.41, 5.74) is 0.995. The molecule has 1 aromatic carbocycles. The molecule has 1 saturated carbocycles. The predicted octanol–water partition coefficient (Wildman–Crippen LogP) is 3.92. The summed E-state index contributed by atoms with van der Waals surface area (Å²) in [5.74, 6) is 0.00348. The summed E-state index contributed by atoms with van der Waals surface area (Å²) in [7, 11) is -3.73. The van der Waals surface area contributed by atoms with Crippen LogP contribution in [0.2, 0.25) is 0 Å². The number of benzene rings is 1. The van der Waals surface area contributed by atoms with Crippen LogP contribution in [0.3, 0.4) is 0 Å². The van der Waals surface area contributed by atoms with Crippen molar-refractivity contribution >= 4 is 15.9 Å². The van der Waals surface area contributed by atoms with Crippen LogP contribution in [0, 0.1) is 12.8 Å². The van der Waals surface area contributed by atoms with Crippen molar-refractivity contribution in [1.29, 1.82) is 0 Å². The van der Waals surface area contributed by atoms with Gasteiger partial charge in [0.25, 0.3) is 0 Å². The number of carbonyl (C=O) groups is 1. The van der Waals surface area contributed by atoms with Crippen molar-refractivity contribution in [3.05, 3.63) is 29.8 Å². The van der Waals surface area contributed by atoms with E-state index in [4.69, 9.17) is 0 Å². The number of sulfonamides is 1. The van der Waals surface area contributed by atoms with Gasteiger partial charge in [-0.25, -0.2) is 8.42 Å². The van der Waals surface area contributed by atoms with E-state index < -0.39 is 16.1 Å². The minimum absolute atomic E-state index is 0.149. The van der Waals surface area contributed by atoms with E-state index in [2.05, 4.69) is 10.0 Å². The molecule has 1 fully saturated rings. The number of rotatable bonds is 7. The highest BCUT2D eigenvalue weighted by atomic mass is 32.2. The lowest BCUT2D eigenvalue weighted by Crippen LogP contribution is -2.50. The van der Waals surface area contributed by atoms with E-state index in [9.17, 15) is 13.2 Å². The SMILES string of the molecule is Cc1ccc(S(=O)(=O)N[C@@H](CC(C)C)C(=O)NC2CCCCCCC2)cc1. The highest BCUT2D eigenvalue weighted by Crippen LogP contribution is 2.18. The van der Waals surface area contributed by atoms with Crippen LogP contribution in [0.25, 0.3) is 0 Å². The topological polar surface area (TPSA) is 75.3 Å². The minimum Gasteiger partial charge on any atom is -0.352 e. The molecule has 0 spiro atoms. The maximum absolute atomic E-state index is 12.9. The third-order valence-electron chi connectivity index (χ3n) is 5.10. The summed E-state index contributed by atoms with van der Waals surface area (Å²) in [5, 5.41) is 3.11. The van der Waals surface area contributed by atoms with E-state index in [-0.39, 0.29) is 22.8 Å². The lowest BCUT2D eigenvalue weighted by Gasteiger charge is -2.25. The fourth-order valence-electron chi connectivity index (χ4n) is 3.56. The van der Waals surface area contributed by atoms with E-state index in [0.717, 1.165) is 31.2 Å². The quantitative estimate of drug-likeness (QED) is 0.736. The minimum atomic E-state index is -3.73. The Morgan fingerprint density at radius 3 is 2.15 bits per heavy atom. The molecule has 1 atom stereocenters. The first-order valence-corrected chi connectivity index (χ1v) is 11.7. The molecular formula is C21H34N2O3S. The Morgan fingerprint density at radius 1 is 1.04 bits per heavy atom. The van der Waals surface area contributed by atoms with Crippen LogP contribution in [0.15, 0.2) is 29.2 Å². The molecule has 1 aromatic rings. The van der Waals surface area contributed by atoms with Crippen LogP contribution in [0.1, 0.15) is 70.8 Å². The molecule has 0 aromatic heterocycles. The Kier molecular flexibility index (Phi) is 8.29. The molecule has 5 nitrogen and oxygen atoms in total. The van der Waals surface area contributed by atoms with E-state index in [1.807, 2.05) is 20.8 Å². The van der Waals surface area contributed by atoms with Crippen LogP contribution in [-0.2, 0) is 14.8 Å². The predicted molar refractivity (Wildman–Crippen MR) is 109 cm³/mol. The van der Waals surface area contributed by atoms with Crippen molar-refractivity contribution in [2.24, 2.45) is 5.92 Å². The van der Waals surface area contributed by atoms with Gasteiger partial charge in [-0.1, -0.05) is 63.6 Å². The number of hydrogen-bond acceptors (Lipinski definition) is 3. The molecule has 1 aliphatic carbocycles. The van der Waals surface area contributed by atoms with Crippen LogP contribution >= 0.6 is 0 Å². The van der Waals surface area contributed by atoms with Crippen molar-refractivity contribution in [2.45, 2.75) is 89.1 Å². The van der Waals surface area contributed by atoms with E-state index >= 15 is 0 Å². The van der Waals surface area contributed by atoms with E-state index in [1.165, 1.54) is 19.3 Å². The van der Waals surface area contributed by atoms with Gasteiger partial charge in [0.05, 0.1) is 4.90 Å². The monoisotopic (exact) mass is 394 g/mol. The number of amides is 1. The van der Waals surface area contributed by atoms with Gasteiger partial charge in [-0.2, -0.15) is 4.72 Å². The Bertz CT molecular complexity index is 691. The number of nitrogens with one attached hydrogen (secondary N) is 2. The van der Waals surface area contributed by atoms with Gasteiger partial charge in [-0.3, -0.25) is 4.79 Å². The fourth-order valence-corrected chi connectivity index (χ4v) is 4.76. The zero-order valence-electron chi connectivity index (χ0n) is 16.8. The number of carbonyl (C=O) groups excluding carboxylic acids is 1. The molecule has 1 aliphatic rings. The summed E-state index contributed by atoms with van der Waals surface area (Å²) < 4.78 is 28.1. The van der Waals surface area contributed by atoms with Crippen molar-refractivity contribution < 1.29 is 13.2 Å². The average Bonchev–Trinajstić information content (AvgIpc) is 2.56. The summed E-state index contributed by atoms with van der Waals surface area (Å²) in [6.07, 6.45) is 8.36. The zero-order valence-corrected chi connectivity index (χ0v) is 17.6. The first-order valence-electron chi connectivity index (χ1n) is 10.2. The molecule has 0 radical (unpaired) electrons. The second-order valence-corrected chi connectivity index (χ2v) is 9.88. The fraction of sp³-hybridized carbons (Fsp3) is 0.667. The molecule has 2 rings (SSSR count). The zero-order chi connectivity index (χ0) is 19.9. The summed E-state index contributed by atoms with van der Waals surface area (Å²) in [4.78, 5) is 13.1. The van der Waals surface area contributed by atoms with Gasteiger partial charge in [0, 0.05) is 6.04 Å². The molecule has 0 aliphatic heterocycles. The number of hydrogen-bond donors (Lipinski definition) is 2. The van der Waals surface area contributed by atoms with Crippen LogP contribution in [0.4, 0.5) is 0 Å². The maximum Gasteiger partial charge on any atom is 0.241 e. The molecule has 27 heavy (non-hydrogen) atoms. The van der Waals surface area contributed by atoms with Gasteiger partial charge in [0.2, 0.25) is 15.9 Å². The maximum atomic E-state index is 12.9. The smallest absolute Gasteiger partial charge is 0.241 e. The molecular weight excluding hydrogens is 360 g/mol. The molecule has 1 amide bonds. The van der Waals surface area contributed by atoms with E-state index in [1.54, 1.807) is 24.3 Å². The average molecular weight is 395 g/mol. The summed E-state index contributed by atoms with van der Waals surface area (Å²) in [6, 6.07) is 6.09. The standard InChI is InChI=1S/C21H34N2O3S/c1-16(2)15-20(21(24)22-18-9-7-5-4-6-8-10-18)23-27(25,26)19-13-11-17(3)12-14-19/h11-14,16,18,20,23H,4-10,15H2,1-3H3,(H,22,24)/t20-/m0/s1. The molecule has 152 valence electrons. The Hall–Kier alpha value is -1.40. The summed E-state index contributed by atoms with van der Waals surface area (Å²) >= 11 is 0. The van der Waals surface area contributed by atoms with Gasteiger partial charge in [0.1, 0.15) is 6.04 Å². The molecule has 0 saturated heterocycles. The molecule has 0 heterocycles. The lowest BCUT2D eigenvalue weighted by atomic mass is 9.96. The first kappa shape index (κ1) is 21.9. The third kappa shape index (κ3) is 7.26. The Labute approximate surface area is 164 Å². The van der Waals surface area contributed by atoms with Gasteiger partial charge in [0.15, 0.2) is 0 Å². The normalized spacial score (nSPS) is 17.9. The lowest BCUT2D eigenvalue weighted by molar-refractivity contribution is -0.123. The van der Waals surface area contributed by atoms with Crippen molar-refractivity contribution in [2.75, 3.05) is 0 Å². The van der Waals surface area contributed by atoms with Gasteiger partial charge in [-0.15, -0.1) is 0 Å². The van der Waals surface area contributed by atoms with Crippen molar-refractivity contribution in [3.63, 3.8) is 0 Å². The van der Waals surface area contributed by atoms with E-state index in [0.29, 0.717) is 6.42 Å². The van der Waals surface area contributed by atoms with Crippen LogP contribution in [-0.4, -0.2) is 26.4 Å². The molecule has 0 unspecified atom stereocenters. The second kappa shape index (κ2) is 10.2. The van der Waals surface area contributed by atoms with Crippen LogP contribution in [0.5, 0.6) is 0 Å². The van der Waals surface area contributed by atoms with Crippen LogP contribution < -0.4 is 10.0 Å². The Morgan fingerprint density at radius 2 is 1.59 bits per heavy atom. The molecule has 6 heteroatoms. The van der Waals surface area contributed by atoms with Crippen molar-refractivity contribution in [1.82, 2.24) is 10.0 Å². The van der Waals surface area contributed by atoms with Crippen molar-refractivity contribution in [3.8, 4) is 0 Å². The first-order chi connectivity index (χ1) is 12.8. The Balaban J connectivity index is 2.08. The summed E-state index contributed by atoms with van der Waals surface area (Å²) in [6.45, 7) is 5.90. The highest BCUT2D eigenvalue weighted by molar-refractivity contribution is 7.89. The largest absolute Gasteiger partial charge is 0.352 e. The van der Waals surface area contributed by atoms with Gasteiger partial charge < -0.3 is 5.32 Å². The second-order valence-electron chi connectivity index (χ2n) is 8.17. The third-order valence-corrected chi connectivity index (χ3v) is 6.59. The molecule has 0 bridgehead atoms. The van der Waals surface area contributed by atoms with Gasteiger partial charge in [-0.05, 0) is 44.2 Å². The number of aryl methyl sites for hydroxylation is 1. The highest BCUT2D eigenvalue weighted by Gasteiger charge is 2.28. The molecule has 2 N–H and O–H groups in total.